The van der Waals surface area contributed by atoms with Crippen molar-refractivity contribution >= 4 is 5.78 Å². The average Bonchev–Trinajstić information content (AvgIpc) is 2.98. The highest BCUT2D eigenvalue weighted by atomic mass is 16.1. The van der Waals surface area contributed by atoms with Crippen molar-refractivity contribution in [1.82, 2.24) is 0 Å². The van der Waals surface area contributed by atoms with Crippen LogP contribution in [0.2, 0.25) is 0 Å². The standard InChI is InChI=1S/C14H25NO/c1-4-5-6-7-12(16)10-13(15)14(8-9-14)11(2)3/h10-11H,4-9,15H2,1-3H3/b13-10-. The molecule has 2 heteroatoms. The third-order valence-corrected chi connectivity index (χ3v) is 3.81. The lowest BCUT2D eigenvalue weighted by Gasteiger charge is -2.19. The zero-order valence-electron chi connectivity index (χ0n) is 10.9. The molecule has 0 aromatic carbocycles. The summed E-state index contributed by atoms with van der Waals surface area (Å²) in [6, 6.07) is 0. The van der Waals surface area contributed by atoms with Crippen LogP contribution in [0.3, 0.4) is 0 Å². The van der Waals surface area contributed by atoms with Gasteiger partial charge in [0.05, 0.1) is 0 Å². The highest BCUT2D eigenvalue weighted by Gasteiger charge is 2.47. The summed E-state index contributed by atoms with van der Waals surface area (Å²) in [5, 5.41) is 0. The normalized spacial score (nSPS) is 18.9. The van der Waals surface area contributed by atoms with E-state index in [-0.39, 0.29) is 11.2 Å². The minimum atomic E-state index is 0.153. The maximum Gasteiger partial charge on any atom is 0.157 e. The van der Waals surface area contributed by atoms with Gasteiger partial charge in [0, 0.05) is 23.6 Å². The molecule has 0 aromatic rings. The van der Waals surface area contributed by atoms with Crippen molar-refractivity contribution in [3.63, 3.8) is 0 Å². The van der Waals surface area contributed by atoms with E-state index in [4.69, 9.17) is 5.73 Å². The van der Waals surface area contributed by atoms with Crippen molar-refractivity contribution in [3.8, 4) is 0 Å². The van der Waals surface area contributed by atoms with E-state index < -0.39 is 0 Å². The fourth-order valence-corrected chi connectivity index (χ4v) is 2.27. The number of hydrogen-bond acceptors (Lipinski definition) is 2. The number of carbonyl (C=O) groups excluding carboxylic acids is 1. The maximum atomic E-state index is 11.7. The summed E-state index contributed by atoms with van der Waals surface area (Å²) < 4.78 is 0. The number of unbranched alkanes of at least 4 members (excludes halogenated alkanes) is 2. The Morgan fingerprint density at radius 2 is 2.00 bits per heavy atom. The maximum absolute atomic E-state index is 11.7. The largest absolute Gasteiger partial charge is 0.401 e. The van der Waals surface area contributed by atoms with E-state index in [9.17, 15) is 4.79 Å². The summed E-state index contributed by atoms with van der Waals surface area (Å²) in [6.07, 6.45) is 7.93. The fraction of sp³-hybridized carbons (Fsp3) is 0.786. The molecule has 0 radical (unpaired) electrons. The van der Waals surface area contributed by atoms with Gasteiger partial charge in [-0.25, -0.2) is 0 Å². The minimum Gasteiger partial charge on any atom is -0.401 e. The van der Waals surface area contributed by atoms with Gasteiger partial charge in [0.1, 0.15) is 0 Å². The molecule has 0 unspecified atom stereocenters. The first-order valence-electron chi connectivity index (χ1n) is 6.53. The number of allylic oxidation sites excluding steroid dienone is 2. The Morgan fingerprint density at radius 3 is 2.44 bits per heavy atom. The lowest BCUT2D eigenvalue weighted by Crippen LogP contribution is -2.20. The van der Waals surface area contributed by atoms with Gasteiger partial charge < -0.3 is 5.73 Å². The number of ketones is 1. The molecule has 0 atom stereocenters. The van der Waals surface area contributed by atoms with E-state index in [1.54, 1.807) is 6.08 Å². The van der Waals surface area contributed by atoms with Crippen LogP contribution in [0.4, 0.5) is 0 Å². The second-order valence-electron chi connectivity index (χ2n) is 5.33. The third-order valence-electron chi connectivity index (χ3n) is 3.81. The molecule has 2 N–H and O–H groups in total. The molecule has 0 bridgehead atoms. The van der Waals surface area contributed by atoms with Crippen LogP contribution >= 0.6 is 0 Å². The van der Waals surface area contributed by atoms with Crippen LogP contribution in [0.25, 0.3) is 0 Å². The summed E-state index contributed by atoms with van der Waals surface area (Å²) in [7, 11) is 0. The van der Waals surface area contributed by atoms with Crippen LogP contribution in [0.1, 0.15) is 59.3 Å². The highest BCUT2D eigenvalue weighted by molar-refractivity contribution is 5.90. The van der Waals surface area contributed by atoms with E-state index >= 15 is 0 Å². The van der Waals surface area contributed by atoms with E-state index in [1.807, 2.05) is 0 Å². The summed E-state index contributed by atoms with van der Waals surface area (Å²) in [6.45, 7) is 6.52. The SMILES string of the molecule is CCCCCC(=O)/C=C(\N)C1(C(C)C)CC1. The van der Waals surface area contributed by atoms with Crippen LogP contribution in [-0.2, 0) is 4.79 Å². The van der Waals surface area contributed by atoms with Crippen LogP contribution < -0.4 is 5.73 Å². The van der Waals surface area contributed by atoms with Crippen molar-refractivity contribution in [3.05, 3.63) is 11.8 Å². The van der Waals surface area contributed by atoms with Crippen LogP contribution in [0, 0.1) is 11.3 Å². The highest BCUT2D eigenvalue weighted by Crippen LogP contribution is 2.55. The van der Waals surface area contributed by atoms with Gasteiger partial charge in [0.25, 0.3) is 0 Å². The molecule has 0 aliphatic heterocycles. The lowest BCUT2D eigenvalue weighted by atomic mass is 9.88. The van der Waals surface area contributed by atoms with E-state index in [1.165, 1.54) is 0 Å². The Balaban J connectivity index is 2.47. The van der Waals surface area contributed by atoms with Crippen LogP contribution in [-0.4, -0.2) is 5.78 Å². The molecule has 16 heavy (non-hydrogen) atoms. The lowest BCUT2D eigenvalue weighted by molar-refractivity contribution is -0.114. The molecule has 0 spiro atoms. The molecule has 92 valence electrons. The van der Waals surface area contributed by atoms with Crippen molar-refractivity contribution in [2.75, 3.05) is 0 Å². The molecule has 0 amide bonds. The minimum absolute atomic E-state index is 0.153. The zero-order chi connectivity index (χ0) is 12.2. The zero-order valence-corrected chi connectivity index (χ0v) is 10.9. The van der Waals surface area contributed by atoms with Crippen molar-refractivity contribution < 1.29 is 4.79 Å². The van der Waals surface area contributed by atoms with Gasteiger partial charge in [-0.1, -0.05) is 33.6 Å². The summed E-state index contributed by atoms with van der Waals surface area (Å²) in [4.78, 5) is 11.7. The number of rotatable bonds is 7. The number of carbonyl (C=O) groups is 1. The number of hydrogen-bond donors (Lipinski definition) is 1. The number of nitrogens with two attached hydrogens (primary N) is 1. The van der Waals surface area contributed by atoms with Crippen LogP contribution in [0.15, 0.2) is 11.8 Å². The first kappa shape index (κ1) is 13.3. The molecule has 1 saturated carbocycles. The van der Waals surface area contributed by atoms with Gasteiger partial charge in [-0.3, -0.25) is 4.79 Å². The Kier molecular flexibility index (Phi) is 4.57. The topological polar surface area (TPSA) is 43.1 Å². The summed E-state index contributed by atoms with van der Waals surface area (Å²) in [5.41, 5.74) is 7.04. The second kappa shape index (κ2) is 5.51. The first-order chi connectivity index (χ1) is 7.53. The predicted molar refractivity (Wildman–Crippen MR) is 67.9 cm³/mol. The first-order valence-corrected chi connectivity index (χ1v) is 6.53. The predicted octanol–water partition coefficient (Wildman–Crippen LogP) is 3.41. The smallest absolute Gasteiger partial charge is 0.157 e. The van der Waals surface area contributed by atoms with Gasteiger partial charge in [-0.15, -0.1) is 0 Å². The Hall–Kier alpha value is -0.790. The molecule has 1 rings (SSSR count). The van der Waals surface area contributed by atoms with E-state index in [0.717, 1.165) is 37.8 Å². The Bertz CT molecular complexity index is 274. The van der Waals surface area contributed by atoms with Crippen molar-refractivity contribution in [2.24, 2.45) is 17.1 Å². The molecule has 1 aliphatic rings. The molecule has 1 aliphatic carbocycles. The molecule has 0 aromatic heterocycles. The summed E-state index contributed by atoms with van der Waals surface area (Å²) >= 11 is 0. The molecule has 0 saturated heterocycles. The fourth-order valence-electron chi connectivity index (χ4n) is 2.27. The quantitative estimate of drug-likeness (QED) is 0.531. The van der Waals surface area contributed by atoms with Gasteiger partial charge in [-0.05, 0) is 25.2 Å². The molecule has 1 fully saturated rings. The van der Waals surface area contributed by atoms with Gasteiger partial charge >= 0.3 is 0 Å². The average molecular weight is 223 g/mol. The van der Waals surface area contributed by atoms with Crippen molar-refractivity contribution in [1.29, 1.82) is 0 Å². The molecular weight excluding hydrogens is 198 g/mol. The van der Waals surface area contributed by atoms with Gasteiger partial charge in [-0.2, -0.15) is 0 Å². The second-order valence-corrected chi connectivity index (χ2v) is 5.33. The van der Waals surface area contributed by atoms with Gasteiger partial charge in [0.2, 0.25) is 0 Å². The Labute approximate surface area is 99.3 Å². The molecular formula is C14H25NO. The molecule has 2 nitrogen and oxygen atoms in total. The molecule has 0 heterocycles. The summed E-state index contributed by atoms with van der Waals surface area (Å²) in [5.74, 6) is 0.755. The van der Waals surface area contributed by atoms with Crippen molar-refractivity contribution in [2.45, 2.75) is 59.3 Å². The van der Waals surface area contributed by atoms with Gasteiger partial charge in [0.15, 0.2) is 5.78 Å². The van der Waals surface area contributed by atoms with Crippen LogP contribution in [0.5, 0.6) is 0 Å². The van der Waals surface area contributed by atoms with E-state index in [0.29, 0.717) is 12.3 Å². The van der Waals surface area contributed by atoms with E-state index in [2.05, 4.69) is 20.8 Å². The monoisotopic (exact) mass is 223 g/mol. The Morgan fingerprint density at radius 1 is 1.38 bits per heavy atom. The third kappa shape index (κ3) is 3.10.